The molecule has 0 amide bonds. The van der Waals surface area contributed by atoms with Gasteiger partial charge >= 0.3 is 0 Å². The van der Waals surface area contributed by atoms with Crippen LogP contribution in [-0.2, 0) is 10.0 Å². The van der Waals surface area contributed by atoms with Crippen LogP contribution in [0.4, 0.5) is 0 Å². The summed E-state index contributed by atoms with van der Waals surface area (Å²) in [4.78, 5) is 0.305. The lowest BCUT2D eigenvalue weighted by Gasteiger charge is -2.13. The normalized spacial score (nSPS) is 11.7. The number of fused-ring (bicyclic) bond motifs is 1. The van der Waals surface area contributed by atoms with E-state index in [9.17, 15) is 8.42 Å². The average Bonchev–Trinajstić information content (AvgIpc) is 2.53. The molecule has 0 heterocycles. The molecule has 4 nitrogen and oxygen atoms in total. The zero-order valence-electron chi connectivity index (χ0n) is 13.1. The molecule has 120 valence electrons. The van der Waals surface area contributed by atoms with Gasteiger partial charge in [0.2, 0.25) is 10.0 Å². The fourth-order valence-corrected chi connectivity index (χ4v) is 3.59. The SMILES string of the molecule is CCCCOc1ccc(S(=O)(=O)NCCC)c2ccccc12. The van der Waals surface area contributed by atoms with Gasteiger partial charge in [-0.3, -0.25) is 0 Å². The highest BCUT2D eigenvalue weighted by Crippen LogP contribution is 2.31. The van der Waals surface area contributed by atoms with Gasteiger partial charge in [0.1, 0.15) is 5.75 Å². The van der Waals surface area contributed by atoms with Crippen molar-refractivity contribution in [1.82, 2.24) is 4.72 Å². The van der Waals surface area contributed by atoms with Crippen LogP contribution in [0, 0.1) is 0 Å². The molecule has 22 heavy (non-hydrogen) atoms. The first kappa shape index (κ1) is 16.8. The van der Waals surface area contributed by atoms with Crippen molar-refractivity contribution in [3.8, 4) is 5.75 Å². The van der Waals surface area contributed by atoms with Gasteiger partial charge in [-0.25, -0.2) is 13.1 Å². The Hall–Kier alpha value is -1.59. The summed E-state index contributed by atoms with van der Waals surface area (Å²) in [6.07, 6.45) is 2.80. The summed E-state index contributed by atoms with van der Waals surface area (Å²) in [6.45, 7) is 5.12. The van der Waals surface area contributed by atoms with E-state index >= 15 is 0 Å². The predicted molar refractivity (Wildman–Crippen MR) is 89.8 cm³/mol. The molecule has 0 bridgehead atoms. The van der Waals surface area contributed by atoms with Gasteiger partial charge in [-0.15, -0.1) is 0 Å². The van der Waals surface area contributed by atoms with Crippen molar-refractivity contribution in [3.05, 3.63) is 36.4 Å². The molecule has 2 aromatic rings. The topological polar surface area (TPSA) is 55.4 Å². The Morgan fingerprint density at radius 2 is 1.73 bits per heavy atom. The smallest absolute Gasteiger partial charge is 0.241 e. The van der Waals surface area contributed by atoms with E-state index in [1.165, 1.54) is 0 Å². The first-order valence-electron chi connectivity index (χ1n) is 7.74. The number of unbranched alkanes of at least 4 members (excludes halogenated alkanes) is 1. The second-order valence-electron chi connectivity index (χ2n) is 5.21. The van der Waals surface area contributed by atoms with Crippen LogP contribution in [0.2, 0.25) is 0 Å². The average molecular weight is 321 g/mol. The highest BCUT2D eigenvalue weighted by atomic mass is 32.2. The summed E-state index contributed by atoms with van der Waals surface area (Å²) in [6, 6.07) is 10.8. The Bertz CT molecular complexity index is 726. The third kappa shape index (κ3) is 3.78. The Morgan fingerprint density at radius 1 is 1.00 bits per heavy atom. The van der Waals surface area contributed by atoms with Crippen molar-refractivity contribution in [2.24, 2.45) is 0 Å². The summed E-state index contributed by atoms with van der Waals surface area (Å²) < 4.78 is 33.3. The number of sulfonamides is 1. The van der Waals surface area contributed by atoms with Crippen molar-refractivity contribution in [1.29, 1.82) is 0 Å². The molecule has 0 unspecified atom stereocenters. The molecule has 0 saturated carbocycles. The van der Waals surface area contributed by atoms with Gasteiger partial charge < -0.3 is 4.74 Å². The summed E-state index contributed by atoms with van der Waals surface area (Å²) in [5.41, 5.74) is 0. The van der Waals surface area contributed by atoms with E-state index in [1.54, 1.807) is 12.1 Å². The minimum absolute atomic E-state index is 0.305. The van der Waals surface area contributed by atoms with Crippen molar-refractivity contribution < 1.29 is 13.2 Å². The molecule has 5 heteroatoms. The molecule has 0 aliphatic rings. The van der Waals surface area contributed by atoms with Crippen LogP contribution < -0.4 is 9.46 Å². The minimum Gasteiger partial charge on any atom is -0.493 e. The van der Waals surface area contributed by atoms with Crippen LogP contribution in [0.1, 0.15) is 33.1 Å². The van der Waals surface area contributed by atoms with Crippen molar-refractivity contribution in [2.45, 2.75) is 38.0 Å². The van der Waals surface area contributed by atoms with Crippen LogP contribution >= 0.6 is 0 Å². The van der Waals surface area contributed by atoms with Crippen LogP contribution in [0.25, 0.3) is 10.8 Å². The van der Waals surface area contributed by atoms with Gasteiger partial charge in [0, 0.05) is 17.3 Å². The van der Waals surface area contributed by atoms with Gasteiger partial charge in [-0.1, -0.05) is 44.5 Å². The number of hydrogen-bond donors (Lipinski definition) is 1. The number of nitrogens with one attached hydrogen (secondary N) is 1. The minimum atomic E-state index is -3.50. The van der Waals surface area contributed by atoms with Crippen LogP contribution in [0.3, 0.4) is 0 Å². The standard InChI is InChI=1S/C17H23NO3S/c1-3-5-13-21-16-10-11-17(22(19,20)18-12-4-2)15-9-7-6-8-14(15)16/h6-11,18H,3-5,12-13H2,1-2H3. The Labute approximate surface area is 132 Å². The Balaban J connectivity index is 2.44. The molecule has 2 rings (SSSR count). The lowest BCUT2D eigenvalue weighted by atomic mass is 10.1. The largest absolute Gasteiger partial charge is 0.493 e. The molecule has 0 aliphatic carbocycles. The molecule has 0 fully saturated rings. The molecule has 0 aliphatic heterocycles. The fourth-order valence-electron chi connectivity index (χ4n) is 2.24. The summed E-state index contributed by atoms with van der Waals surface area (Å²) in [5, 5.41) is 1.53. The monoisotopic (exact) mass is 321 g/mol. The molecule has 0 saturated heterocycles. The third-order valence-electron chi connectivity index (χ3n) is 3.43. The maximum absolute atomic E-state index is 12.4. The number of benzene rings is 2. The van der Waals surface area contributed by atoms with Crippen molar-refractivity contribution in [3.63, 3.8) is 0 Å². The van der Waals surface area contributed by atoms with Crippen LogP contribution in [0.15, 0.2) is 41.3 Å². The number of ether oxygens (including phenoxy) is 1. The summed E-state index contributed by atoms with van der Waals surface area (Å²) in [7, 11) is -3.50. The second-order valence-corrected chi connectivity index (χ2v) is 6.94. The number of hydrogen-bond acceptors (Lipinski definition) is 3. The third-order valence-corrected chi connectivity index (χ3v) is 4.95. The first-order chi connectivity index (χ1) is 10.6. The lowest BCUT2D eigenvalue weighted by molar-refractivity contribution is 0.313. The van der Waals surface area contributed by atoms with E-state index in [2.05, 4.69) is 11.6 Å². The number of rotatable bonds is 8. The molecule has 0 atom stereocenters. The van der Waals surface area contributed by atoms with Crippen molar-refractivity contribution in [2.75, 3.05) is 13.2 Å². The maximum Gasteiger partial charge on any atom is 0.241 e. The van der Waals surface area contributed by atoms with E-state index in [1.807, 2.05) is 31.2 Å². The van der Waals surface area contributed by atoms with Gasteiger partial charge in [-0.2, -0.15) is 0 Å². The first-order valence-corrected chi connectivity index (χ1v) is 9.22. The molecular formula is C17H23NO3S. The Kier molecular flexibility index (Phi) is 5.80. The van der Waals surface area contributed by atoms with Gasteiger partial charge in [0.05, 0.1) is 11.5 Å². The molecule has 0 aromatic heterocycles. The highest BCUT2D eigenvalue weighted by Gasteiger charge is 2.18. The van der Waals surface area contributed by atoms with Gasteiger partial charge in [0.15, 0.2) is 0 Å². The highest BCUT2D eigenvalue weighted by molar-refractivity contribution is 7.89. The van der Waals surface area contributed by atoms with E-state index < -0.39 is 10.0 Å². The summed E-state index contributed by atoms with van der Waals surface area (Å²) >= 11 is 0. The van der Waals surface area contributed by atoms with Crippen LogP contribution in [-0.4, -0.2) is 21.6 Å². The quantitative estimate of drug-likeness (QED) is 0.754. The zero-order valence-corrected chi connectivity index (χ0v) is 13.9. The van der Waals surface area contributed by atoms with E-state index in [-0.39, 0.29) is 0 Å². The molecule has 1 N–H and O–H groups in total. The molecule has 0 radical (unpaired) electrons. The Morgan fingerprint density at radius 3 is 2.41 bits per heavy atom. The maximum atomic E-state index is 12.4. The molecular weight excluding hydrogens is 298 g/mol. The summed E-state index contributed by atoms with van der Waals surface area (Å²) in [5.74, 6) is 0.735. The molecule has 2 aromatic carbocycles. The van der Waals surface area contributed by atoms with Crippen LogP contribution in [0.5, 0.6) is 5.75 Å². The molecule has 0 spiro atoms. The fraction of sp³-hybridized carbons (Fsp3) is 0.412. The lowest BCUT2D eigenvalue weighted by Crippen LogP contribution is -2.24. The van der Waals surface area contributed by atoms with Gasteiger partial charge in [-0.05, 0) is 25.0 Å². The van der Waals surface area contributed by atoms with E-state index in [0.29, 0.717) is 23.4 Å². The van der Waals surface area contributed by atoms with E-state index in [0.717, 1.165) is 30.4 Å². The van der Waals surface area contributed by atoms with Gasteiger partial charge in [0.25, 0.3) is 0 Å². The second kappa shape index (κ2) is 7.61. The zero-order chi connectivity index (χ0) is 16.0. The van der Waals surface area contributed by atoms with E-state index in [4.69, 9.17) is 4.74 Å². The predicted octanol–water partition coefficient (Wildman–Crippen LogP) is 3.71. The van der Waals surface area contributed by atoms with Crippen molar-refractivity contribution >= 4 is 20.8 Å².